The molecule has 12 heteroatoms. The minimum atomic E-state index is -0.232. The van der Waals surface area contributed by atoms with Gasteiger partial charge in [-0.15, -0.1) is 0 Å². The molecule has 37 heavy (non-hydrogen) atoms. The minimum absolute atomic E-state index is 0.0746. The van der Waals surface area contributed by atoms with E-state index in [9.17, 15) is 9.59 Å². The Balaban J connectivity index is 1.65. The summed E-state index contributed by atoms with van der Waals surface area (Å²) in [4.78, 5) is 42.0. The summed E-state index contributed by atoms with van der Waals surface area (Å²) in [6.07, 6.45) is 7.75. The number of aromatic nitrogens is 5. The summed E-state index contributed by atoms with van der Waals surface area (Å²) in [7, 11) is 1.78. The maximum Gasteiger partial charge on any atom is 0.274 e. The van der Waals surface area contributed by atoms with Crippen molar-refractivity contribution < 1.29 is 9.53 Å². The number of fused-ring (bicyclic) bond motifs is 1. The molecular weight excluding hydrogens is 474 g/mol. The smallest absolute Gasteiger partial charge is 0.274 e. The summed E-state index contributed by atoms with van der Waals surface area (Å²) in [5.41, 5.74) is 7.22. The second-order valence-electron chi connectivity index (χ2n) is 8.35. The number of allylic oxidation sites excluding steroid dienone is 1. The number of carbonyl (C=O) groups is 1. The predicted molar refractivity (Wildman–Crippen MR) is 143 cm³/mol. The Labute approximate surface area is 212 Å². The standard InChI is InChI=1S/C25H27N9O3/c1-15(2)34-14-17(27-10-5-9-26)12-20(24(34)36)31-25-30-19-6-7-22(32-23(19)33(25)4)37-18-8-11-28-21(13-18)29-16(3)35/h5-15H,26H2,1-4H3,(H,30,31)(H,28,29,35). The first kappa shape index (κ1) is 25.1. The molecule has 0 aliphatic heterocycles. The van der Waals surface area contributed by atoms with Crippen molar-refractivity contribution in [2.75, 3.05) is 10.6 Å². The molecule has 4 heterocycles. The van der Waals surface area contributed by atoms with Crippen LogP contribution in [0.1, 0.15) is 26.8 Å². The average Bonchev–Trinajstić information content (AvgIpc) is 3.15. The Kier molecular flexibility index (Phi) is 7.28. The summed E-state index contributed by atoms with van der Waals surface area (Å²) in [5, 5.41) is 5.74. The number of pyridine rings is 3. The summed E-state index contributed by atoms with van der Waals surface area (Å²) >= 11 is 0. The maximum atomic E-state index is 13.1. The van der Waals surface area contributed by atoms with E-state index in [4.69, 9.17) is 10.5 Å². The number of amides is 1. The van der Waals surface area contributed by atoms with Gasteiger partial charge in [0.2, 0.25) is 17.7 Å². The topological polar surface area (TPSA) is 154 Å². The molecule has 0 aliphatic rings. The molecule has 0 unspecified atom stereocenters. The van der Waals surface area contributed by atoms with Crippen molar-refractivity contribution in [2.45, 2.75) is 26.8 Å². The van der Waals surface area contributed by atoms with E-state index in [2.05, 4.69) is 30.6 Å². The van der Waals surface area contributed by atoms with Gasteiger partial charge in [-0.3, -0.25) is 19.1 Å². The first-order valence-corrected chi connectivity index (χ1v) is 11.4. The third-order valence-corrected chi connectivity index (χ3v) is 5.20. The number of nitrogens with two attached hydrogens (primary N) is 1. The number of nitrogens with zero attached hydrogens (tertiary/aromatic N) is 6. The average molecular weight is 502 g/mol. The largest absolute Gasteiger partial charge is 0.439 e. The molecule has 4 rings (SSSR count). The van der Waals surface area contributed by atoms with Crippen LogP contribution in [0, 0.1) is 0 Å². The van der Waals surface area contributed by atoms with Gasteiger partial charge in [0.15, 0.2) is 5.65 Å². The second kappa shape index (κ2) is 10.7. The van der Waals surface area contributed by atoms with E-state index in [0.717, 1.165) is 0 Å². The molecule has 0 radical (unpaired) electrons. The summed E-state index contributed by atoms with van der Waals surface area (Å²) in [5.74, 6) is 1.35. The van der Waals surface area contributed by atoms with Crippen molar-refractivity contribution >= 4 is 46.4 Å². The zero-order valence-electron chi connectivity index (χ0n) is 20.8. The number of ether oxygens (including phenoxy) is 1. The van der Waals surface area contributed by atoms with Crippen molar-refractivity contribution in [2.24, 2.45) is 17.8 Å². The number of aryl methyl sites for hydroxylation is 1. The van der Waals surface area contributed by atoms with E-state index in [0.29, 0.717) is 45.9 Å². The third kappa shape index (κ3) is 5.81. The van der Waals surface area contributed by atoms with Gasteiger partial charge in [0.05, 0.1) is 5.69 Å². The van der Waals surface area contributed by atoms with Gasteiger partial charge in [0, 0.05) is 50.8 Å². The Morgan fingerprint density at radius 1 is 1.22 bits per heavy atom. The monoisotopic (exact) mass is 501 g/mol. The van der Waals surface area contributed by atoms with Crippen LogP contribution in [0.3, 0.4) is 0 Å². The molecule has 0 aliphatic carbocycles. The van der Waals surface area contributed by atoms with E-state index in [1.165, 1.54) is 19.3 Å². The fourth-order valence-electron chi connectivity index (χ4n) is 3.49. The van der Waals surface area contributed by atoms with Crippen LogP contribution in [0.25, 0.3) is 11.2 Å². The number of hydrogen-bond donors (Lipinski definition) is 3. The van der Waals surface area contributed by atoms with Gasteiger partial charge in [0.25, 0.3) is 5.56 Å². The minimum Gasteiger partial charge on any atom is -0.439 e. The molecule has 0 aromatic carbocycles. The Hall–Kier alpha value is -5.00. The molecule has 4 N–H and O–H groups in total. The summed E-state index contributed by atoms with van der Waals surface area (Å²) in [6, 6.07) is 8.29. The lowest BCUT2D eigenvalue weighted by molar-refractivity contribution is -0.114. The van der Waals surface area contributed by atoms with E-state index >= 15 is 0 Å². The molecule has 0 spiro atoms. The third-order valence-electron chi connectivity index (χ3n) is 5.20. The molecule has 0 saturated heterocycles. The summed E-state index contributed by atoms with van der Waals surface area (Å²) < 4.78 is 9.19. The number of carbonyl (C=O) groups excluding carboxylic acids is 1. The maximum absolute atomic E-state index is 13.1. The lowest BCUT2D eigenvalue weighted by Crippen LogP contribution is -2.23. The molecular formula is C25H27N9O3. The zero-order chi connectivity index (χ0) is 26.5. The molecule has 190 valence electrons. The van der Waals surface area contributed by atoms with E-state index < -0.39 is 0 Å². The molecule has 4 aromatic heterocycles. The molecule has 1 amide bonds. The van der Waals surface area contributed by atoms with Crippen molar-refractivity contribution in [1.82, 2.24) is 24.1 Å². The van der Waals surface area contributed by atoms with Crippen LogP contribution < -0.4 is 26.7 Å². The number of hydrogen-bond acceptors (Lipinski definition) is 9. The summed E-state index contributed by atoms with van der Waals surface area (Å²) in [6.45, 7) is 5.24. The molecule has 0 saturated carbocycles. The fraction of sp³-hybridized carbons (Fsp3) is 0.200. The molecule has 0 bridgehead atoms. The van der Waals surface area contributed by atoms with Gasteiger partial charge in [-0.2, -0.15) is 4.98 Å². The van der Waals surface area contributed by atoms with Crippen LogP contribution in [-0.4, -0.2) is 36.2 Å². The SMILES string of the molecule is CC(=O)Nc1cc(Oc2ccc3nc(Nc4cc(N=CC=CN)cn(C(C)C)c4=O)n(C)c3n2)ccn1. The van der Waals surface area contributed by atoms with Crippen molar-refractivity contribution in [3.63, 3.8) is 0 Å². The van der Waals surface area contributed by atoms with Crippen LogP contribution >= 0.6 is 0 Å². The Bertz CT molecular complexity index is 1570. The van der Waals surface area contributed by atoms with Crippen LogP contribution in [0.2, 0.25) is 0 Å². The highest BCUT2D eigenvalue weighted by atomic mass is 16.5. The zero-order valence-corrected chi connectivity index (χ0v) is 20.8. The van der Waals surface area contributed by atoms with Gasteiger partial charge in [-0.25, -0.2) is 9.97 Å². The molecule has 0 fully saturated rings. The van der Waals surface area contributed by atoms with Crippen LogP contribution in [0.15, 0.2) is 64.8 Å². The first-order chi connectivity index (χ1) is 17.7. The number of aliphatic imine (C=N–C) groups is 1. The molecule has 12 nitrogen and oxygen atoms in total. The quantitative estimate of drug-likeness (QED) is 0.308. The Morgan fingerprint density at radius 2 is 2.03 bits per heavy atom. The van der Waals surface area contributed by atoms with E-state index in [1.807, 2.05) is 13.8 Å². The second-order valence-corrected chi connectivity index (χ2v) is 8.35. The van der Waals surface area contributed by atoms with Gasteiger partial charge < -0.3 is 25.7 Å². The first-order valence-electron chi connectivity index (χ1n) is 11.4. The predicted octanol–water partition coefficient (Wildman–Crippen LogP) is 3.77. The van der Waals surface area contributed by atoms with Crippen molar-refractivity contribution in [3.8, 4) is 11.6 Å². The van der Waals surface area contributed by atoms with Gasteiger partial charge in [0.1, 0.15) is 22.8 Å². The number of imidazole rings is 1. The highest BCUT2D eigenvalue weighted by Gasteiger charge is 2.15. The number of nitrogens with one attached hydrogen (secondary N) is 2. The lowest BCUT2D eigenvalue weighted by Gasteiger charge is -2.14. The number of anilines is 3. The molecule has 0 atom stereocenters. The fourth-order valence-corrected chi connectivity index (χ4v) is 3.49. The van der Waals surface area contributed by atoms with E-state index in [1.54, 1.807) is 65.0 Å². The van der Waals surface area contributed by atoms with Crippen LogP contribution in [-0.2, 0) is 11.8 Å². The lowest BCUT2D eigenvalue weighted by atomic mass is 10.3. The van der Waals surface area contributed by atoms with Crippen molar-refractivity contribution in [1.29, 1.82) is 0 Å². The highest BCUT2D eigenvalue weighted by molar-refractivity contribution is 5.87. The number of rotatable bonds is 8. The van der Waals surface area contributed by atoms with Gasteiger partial charge >= 0.3 is 0 Å². The normalized spacial score (nSPS) is 11.6. The Morgan fingerprint density at radius 3 is 2.76 bits per heavy atom. The molecule has 4 aromatic rings. The van der Waals surface area contributed by atoms with E-state index in [-0.39, 0.29) is 17.5 Å². The van der Waals surface area contributed by atoms with Gasteiger partial charge in [-0.1, -0.05) is 0 Å². The highest BCUT2D eigenvalue weighted by Crippen LogP contribution is 2.26. The van der Waals surface area contributed by atoms with Crippen LogP contribution in [0.4, 0.5) is 23.1 Å². The van der Waals surface area contributed by atoms with Crippen molar-refractivity contribution in [3.05, 3.63) is 65.4 Å². The van der Waals surface area contributed by atoms with Crippen LogP contribution in [0.5, 0.6) is 11.6 Å². The van der Waals surface area contributed by atoms with Gasteiger partial charge in [-0.05, 0) is 44.3 Å².